The molecular formula is C16H18F3NO3. The Morgan fingerprint density at radius 2 is 1.96 bits per heavy atom. The van der Waals surface area contributed by atoms with Gasteiger partial charge in [-0.3, -0.25) is 4.79 Å². The highest BCUT2D eigenvalue weighted by atomic mass is 19.4. The molecule has 0 bridgehead atoms. The van der Waals surface area contributed by atoms with Crippen molar-refractivity contribution in [3.05, 3.63) is 36.0 Å². The lowest BCUT2D eigenvalue weighted by Crippen LogP contribution is -2.39. The summed E-state index contributed by atoms with van der Waals surface area (Å²) in [6.07, 6.45) is -3.68. The van der Waals surface area contributed by atoms with E-state index < -0.39 is 18.2 Å². The summed E-state index contributed by atoms with van der Waals surface area (Å²) >= 11 is 0. The molecule has 0 saturated heterocycles. The number of carbonyl (C=O) groups excluding carboxylic acids is 1. The number of benzene rings is 1. The van der Waals surface area contributed by atoms with Gasteiger partial charge in [-0.1, -0.05) is 0 Å². The number of methoxy groups -OCH3 is 1. The van der Waals surface area contributed by atoms with Gasteiger partial charge < -0.3 is 14.4 Å². The predicted octanol–water partition coefficient (Wildman–Crippen LogP) is 3.67. The smallest absolute Gasteiger partial charge is 0.454 e. The zero-order valence-electron chi connectivity index (χ0n) is 12.9. The molecule has 23 heavy (non-hydrogen) atoms. The van der Waals surface area contributed by atoms with Crippen molar-refractivity contribution in [3.63, 3.8) is 0 Å². The Hall–Kier alpha value is -2.02. The average molecular weight is 329 g/mol. The van der Waals surface area contributed by atoms with Crippen molar-refractivity contribution in [2.45, 2.75) is 32.2 Å². The van der Waals surface area contributed by atoms with E-state index >= 15 is 0 Å². The maximum Gasteiger partial charge on any atom is 0.454 e. The summed E-state index contributed by atoms with van der Waals surface area (Å²) in [6, 6.07) is 6.82. The molecule has 1 aliphatic heterocycles. The van der Waals surface area contributed by atoms with Crippen LogP contribution in [0.1, 0.15) is 19.8 Å². The SMILES string of the molecule is CCOC1CCC(C(=O)C(F)(F)F)=CN1c1ccc(OC)cc1. The summed E-state index contributed by atoms with van der Waals surface area (Å²) in [5.74, 6) is -1.17. The first-order chi connectivity index (χ1) is 10.9. The molecule has 0 saturated carbocycles. The van der Waals surface area contributed by atoms with Crippen LogP contribution in [0.3, 0.4) is 0 Å². The molecule has 7 heteroatoms. The van der Waals surface area contributed by atoms with Gasteiger partial charge in [0.05, 0.1) is 7.11 Å². The maximum absolute atomic E-state index is 12.7. The third-order valence-corrected chi connectivity index (χ3v) is 3.54. The summed E-state index contributed by atoms with van der Waals surface area (Å²) in [4.78, 5) is 13.0. The fourth-order valence-electron chi connectivity index (χ4n) is 2.44. The van der Waals surface area contributed by atoms with Gasteiger partial charge in [-0.05, 0) is 44.0 Å². The van der Waals surface area contributed by atoms with Gasteiger partial charge in [-0.25, -0.2) is 0 Å². The Balaban J connectivity index is 2.33. The minimum absolute atomic E-state index is 0.0374. The normalized spacial score (nSPS) is 18.6. The van der Waals surface area contributed by atoms with Gasteiger partial charge in [0.15, 0.2) is 0 Å². The molecule has 0 radical (unpaired) electrons. The number of ether oxygens (including phenoxy) is 2. The Bertz CT molecular complexity index is 581. The lowest BCUT2D eigenvalue weighted by atomic mass is 10.0. The molecule has 0 spiro atoms. The van der Waals surface area contributed by atoms with Gasteiger partial charge in [0.1, 0.15) is 12.0 Å². The van der Waals surface area contributed by atoms with E-state index in [1.54, 1.807) is 29.2 Å². The minimum atomic E-state index is -4.87. The first-order valence-electron chi connectivity index (χ1n) is 7.23. The summed E-state index contributed by atoms with van der Waals surface area (Å²) in [6.45, 7) is 2.24. The van der Waals surface area contributed by atoms with Crippen LogP contribution in [0.4, 0.5) is 18.9 Å². The van der Waals surface area contributed by atoms with Gasteiger partial charge in [-0.15, -0.1) is 0 Å². The molecule has 1 heterocycles. The first-order valence-corrected chi connectivity index (χ1v) is 7.23. The van der Waals surface area contributed by atoms with Crippen LogP contribution >= 0.6 is 0 Å². The predicted molar refractivity (Wildman–Crippen MR) is 79.3 cm³/mol. The van der Waals surface area contributed by atoms with E-state index in [0.29, 0.717) is 24.5 Å². The number of rotatable bonds is 5. The molecular weight excluding hydrogens is 311 g/mol. The highest BCUT2D eigenvalue weighted by Gasteiger charge is 2.42. The Kier molecular flexibility index (Phi) is 5.30. The van der Waals surface area contributed by atoms with Crippen LogP contribution in [-0.4, -0.2) is 31.9 Å². The maximum atomic E-state index is 12.7. The molecule has 1 atom stereocenters. The van der Waals surface area contributed by atoms with E-state index in [9.17, 15) is 18.0 Å². The second kappa shape index (κ2) is 7.04. The van der Waals surface area contributed by atoms with E-state index in [4.69, 9.17) is 9.47 Å². The number of nitrogens with zero attached hydrogens (tertiary/aromatic N) is 1. The summed E-state index contributed by atoms with van der Waals surface area (Å²) in [5.41, 5.74) is 0.376. The lowest BCUT2D eigenvalue weighted by molar-refractivity contribution is -0.166. The Morgan fingerprint density at radius 3 is 2.48 bits per heavy atom. The zero-order chi connectivity index (χ0) is 17.0. The fourth-order valence-corrected chi connectivity index (χ4v) is 2.44. The molecule has 0 fully saturated rings. The van der Waals surface area contributed by atoms with Crippen LogP contribution in [-0.2, 0) is 9.53 Å². The zero-order valence-corrected chi connectivity index (χ0v) is 12.9. The number of allylic oxidation sites excluding steroid dienone is 1. The van der Waals surface area contributed by atoms with Crippen LogP contribution in [0.2, 0.25) is 0 Å². The van der Waals surface area contributed by atoms with E-state index in [0.717, 1.165) is 0 Å². The summed E-state index contributed by atoms with van der Waals surface area (Å²) < 4.78 is 48.6. The number of halogens is 3. The molecule has 0 N–H and O–H groups in total. The van der Waals surface area contributed by atoms with Crippen LogP contribution in [0.5, 0.6) is 5.75 Å². The molecule has 0 amide bonds. The molecule has 1 aromatic rings. The van der Waals surface area contributed by atoms with Crippen molar-refractivity contribution in [1.29, 1.82) is 0 Å². The van der Waals surface area contributed by atoms with Gasteiger partial charge in [0, 0.05) is 24.1 Å². The Morgan fingerprint density at radius 1 is 1.30 bits per heavy atom. The standard InChI is InChI=1S/C16H18F3NO3/c1-3-23-14-9-4-11(15(21)16(17,18)19)10-20(14)12-5-7-13(22-2)8-6-12/h5-8,10,14H,3-4,9H2,1-2H3. The van der Waals surface area contributed by atoms with E-state index in [-0.39, 0.29) is 12.0 Å². The van der Waals surface area contributed by atoms with Crippen molar-refractivity contribution < 1.29 is 27.4 Å². The van der Waals surface area contributed by atoms with Crippen LogP contribution in [0.15, 0.2) is 36.0 Å². The van der Waals surface area contributed by atoms with Gasteiger partial charge in [-0.2, -0.15) is 13.2 Å². The van der Waals surface area contributed by atoms with E-state index in [1.807, 2.05) is 6.92 Å². The lowest BCUT2D eigenvalue weighted by Gasteiger charge is -2.35. The van der Waals surface area contributed by atoms with Crippen molar-refractivity contribution in [2.24, 2.45) is 0 Å². The van der Waals surface area contributed by atoms with E-state index in [2.05, 4.69) is 0 Å². The van der Waals surface area contributed by atoms with Gasteiger partial charge >= 0.3 is 6.18 Å². The van der Waals surface area contributed by atoms with Crippen LogP contribution in [0.25, 0.3) is 0 Å². The molecule has 2 rings (SSSR count). The number of carbonyl (C=O) groups is 1. The molecule has 126 valence electrons. The monoisotopic (exact) mass is 329 g/mol. The molecule has 1 aromatic carbocycles. The highest BCUT2D eigenvalue weighted by molar-refractivity contribution is 6.00. The van der Waals surface area contributed by atoms with Crippen LogP contribution < -0.4 is 9.64 Å². The number of hydrogen-bond acceptors (Lipinski definition) is 4. The third kappa shape index (κ3) is 4.04. The largest absolute Gasteiger partial charge is 0.497 e. The number of alkyl halides is 3. The second-order valence-corrected chi connectivity index (χ2v) is 5.04. The summed E-state index contributed by atoms with van der Waals surface area (Å²) in [7, 11) is 1.53. The number of ketones is 1. The molecule has 0 aliphatic carbocycles. The number of hydrogen-bond donors (Lipinski definition) is 0. The third-order valence-electron chi connectivity index (χ3n) is 3.54. The second-order valence-electron chi connectivity index (χ2n) is 5.04. The highest BCUT2D eigenvalue weighted by Crippen LogP contribution is 2.32. The van der Waals surface area contributed by atoms with Gasteiger partial charge in [0.2, 0.25) is 0 Å². The quantitative estimate of drug-likeness (QED) is 0.826. The van der Waals surface area contributed by atoms with E-state index in [1.165, 1.54) is 13.3 Å². The Labute approximate surface area is 132 Å². The fraction of sp³-hybridized carbons (Fsp3) is 0.438. The van der Waals surface area contributed by atoms with Crippen molar-refractivity contribution in [1.82, 2.24) is 0 Å². The van der Waals surface area contributed by atoms with Crippen molar-refractivity contribution >= 4 is 11.5 Å². The number of Topliss-reactive ketones (excluding diaryl/α,β-unsaturated/α-hetero) is 1. The molecule has 4 nitrogen and oxygen atoms in total. The van der Waals surface area contributed by atoms with Gasteiger partial charge in [0.25, 0.3) is 5.78 Å². The minimum Gasteiger partial charge on any atom is -0.497 e. The first kappa shape index (κ1) is 17.3. The molecule has 1 unspecified atom stereocenters. The van der Waals surface area contributed by atoms with Crippen LogP contribution in [0, 0.1) is 0 Å². The summed E-state index contributed by atoms with van der Waals surface area (Å²) in [5, 5.41) is 0. The van der Waals surface area contributed by atoms with Crippen molar-refractivity contribution in [2.75, 3.05) is 18.6 Å². The average Bonchev–Trinajstić information content (AvgIpc) is 2.54. The molecule has 0 aromatic heterocycles. The number of anilines is 1. The van der Waals surface area contributed by atoms with Crippen molar-refractivity contribution in [3.8, 4) is 5.75 Å². The topological polar surface area (TPSA) is 38.8 Å². The molecule has 1 aliphatic rings.